The summed E-state index contributed by atoms with van der Waals surface area (Å²) in [5.41, 5.74) is 0.505. The number of benzene rings is 2. The Labute approximate surface area is 198 Å². The molecule has 0 bridgehead atoms. The predicted octanol–water partition coefficient (Wildman–Crippen LogP) is 4.60. The number of para-hydroxylation sites is 1. The summed E-state index contributed by atoms with van der Waals surface area (Å²) >= 11 is 1.15. The van der Waals surface area contributed by atoms with E-state index in [1.807, 2.05) is 36.1 Å². The monoisotopic (exact) mass is 492 g/mol. The Hall–Kier alpha value is -3.21. The van der Waals surface area contributed by atoms with Gasteiger partial charge in [0.1, 0.15) is 5.75 Å². The molecular formula is C23H23F3N4O3S. The number of carbonyl (C=O) groups excluding carboxylic acids is 1. The van der Waals surface area contributed by atoms with Crippen molar-refractivity contribution in [3.8, 4) is 17.2 Å². The Morgan fingerprint density at radius 1 is 1.09 bits per heavy atom. The first-order chi connectivity index (χ1) is 16.3. The first-order valence-corrected chi connectivity index (χ1v) is 11.7. The Kier molecular flexibility index (Phi) is 7.30. The quantitative estimate of drug-likeness (QED) is 0.447. The lowest BCUT2D eigenvalue weighted by molar-refractivity contribution is -0.137. The van der Waals surface area contributed by atoms with Crippen molar-refractivity contribution < 1.29 is 27.1 Å². The van der Waals surface area contributed by atoms with Crippen molar-refractivity contribution in [2.24, 2.45) is 0 Å². The summed E-state index contributed by atoms with van der Waals surface area (Å²) in [5.74, 6) is 0.981. The van der Waals surface area contributed by atoms with Gasteiger partial charge in [0.25, 0.3) is 11.1 Å². The summed E-state index contributed by atoms with van der Waals surface area (Å²) < 4.78 is 50.2. The van der Waals surface area contributed by atoms with Crippen LogP contribution in [0, 0.1) is 0 Å². The molecule has 2 heterocycles. The van der Waals surface area contributed by atoms with Gasteiger partial charge in [-0.25, -0.2) is 0 Å². The Morgan fingerprint density at radius 3 is 2.59 bits per heavy atom. The van der Waals surface area contributed by atoms with Gasteiger partial charge in [-0.3, -0.25) is 4.79 Å². The average molecular weight is 493 g/mol. The van der Waals surface area contributed by atoms with Crippen LogP contribution < -0.4 is 9.64 Å². The van der Waals surface area contributed by atoms with Crippen LogP contribution in [0.25, 0.3) is 11.5 Å². The van der Waals surface area contributed by atoms with Crippen LogP contribution in [-0.4, -0.2) is 59.5 Å². The van der Waals surface area contributed by atoms with E-state index in [1.54, 1.807) is 11.0 Å². The number of amides is 1. The topological polar surface area (TPSA) is 71.7 Å². The second-order valence-electron chi connectivity index (χ2n) is 7.51. The first kappa shape index (κ1) is 23.9. The molecule has 0 radical (unpaired) electrons. The number of alkyl halides is 3. The van der Waals surface area contributed by atoms with Crippen LogP contribution in [0.5, 0.6) is 5.75 Å². The van der Waals surface area contributed by atoms with Crippen LogP contribution in [0.2, 0.25) is 0 Å². The Bertz CT molecular complexity index is 1130. The molecule has 7 nitrogen and oxygen atoms in total. The highest BCUT2D eigenvalue weighted by atomic mass is 32.2. The molecule has 1 aromatic heterocycles. The molecule has 1 amide bonds. The highest BCUT2D eigenvalue weighted by Crippen LogP contribution is 2.32. The summed E-state index contributed by atoms with van der Waals surface area (Å²) in [5, 5.41) is 8.34. The van der Waals surface area contributed by atoms with Gasteiger partial charge in [-0.2, -0.15) is 13.2 Å². The van der Waals surface area contributed by atoms with Gasteiger partial charge in [-0.1, -0.05) is 30.0 Å². The summed E-state index contributed by atoms with van der Waals surface area (Å²) in [6, 6.07) is 12.6. The number of nitrogens with zero attached hydrogens (tertiary/aromatic N) is 4. The fourth-order valence-electron chi connectivity index (χ4n) is 3.61. The van der Waals surface area contributed by atoms with Crippen molar-refractivity contribution in [1.82, 2.24) is 15.1 Å². The number of piperazine rings is 1. The number of rotatable bonds is 7. The average Bonchev–Trinajstić information content (AvgIpc) is 3.32. The predicted molar refractivity (Wildman–Crippen MR) is 122 cm³/mol. The van der Waals surface area contributed by atoms with E-state index >= 15 is 0 Å². The van der Waals surface area contributed by atoms with E-state index in [1.165, 1.54) is 6.07 Å². The van der Waals surface area contributed by atoms with E-state index in [0.717, 1.165) is 23.9 Å². The molecule has 0 aliphatic carbocycles. The summed E-state index contributed by atoms with van der Waals surface area (Å²) in [4.78, 5) is 16.2. The lowest BCUT2D eigenvalue weighted by Gasteiger charge is -2.36. The van der Waals surface area contributed by atoms with E-state index < -0.39 is 11.7 Å². The van der Waals surface area contributed by atoms with Crippen LogP contribution in [0.4, 0.5) is 18.9 Å². The summed E-state index contributed by atoms with van der Waals surface area (Å²) in [7, 11) is 0. The second kappa shape index (κ2) is 10.4. The number of anilines is 1. The van der Waals surface area contributed by atoms with Gasteiger partial charge in [0.2, 0.25) is 5.91 Å². The number of thioether (sulfide) groups is 1. The minimum atomic E-state index is -4.38. The summed E-state index contributed by atoms with van der Waals surface area (Å²) in [6.07, 6.45) is -4.38. The summed E-state index contributed by atoms with van der Waals surface area (Å²) in [6.45, 7) is 4.14. The highest BCUT2D eigenvalue weighted by Gasteiger charge is 2.31. The molecule has 1 aliphatic heterocycles. The van der Waals surface area contributed by atoms with Gasteiger partial charge in [-0.15, -0.1) is 10.2 Å². The lowest BCUT2D eigenvalue weighted by atomic mass is 10.1. The molecule has 2 aromatic carbocycles. The maximum Gasteiger partial charge on any atom is 0.416 e. The van der Waals surface area contributed by atoms with Crippen molar-refractivity contribution in [3.05, 3.63) is 54.1 Å². The van der Waals surface area contributed by atoms with E-state index in [2.05, 4.69) is 10.2 Å². The molecule has 0 spiro atoms. The normalized spacial score (nSPS) is 14.4. The van der Waals surface area contributed by atoms with Crippen molar-refractivity contribution in [2.75, 3.05) is 43.4 Å². The van der Waals surface area contributed by atoms with E-state index in [0.29, 0.717) is 55.7 Å². The van der Waals surface area contributed by atoms with Gasteiger partial charge in [0.15, 0.2) is 0 Å². The molecule has 4 rings (SSSR count). The number of halogens is 3. The Morgan fingerprint density at radius 2 is 1.85 bits per heavy atom. The highest BCUT2D eigenvalue weighted by molar-refractivity contribution is 7.99. The van der Waals surface area contributed by atoms with Crippen molar-refractivity contribution in [3.63, 3.8) is 0 Å². The molecule has 180 valence electrons. The zero-order valence-electron chi connectivity index (χ0n) is 18.4. The van der Waals surface area contributed by atoms with Crippen molar-refractivity contribution in [2.45, 2.75) is 18.3 Å². The van der Waals surface area contributed by atoms with Crippen LogP contribution in [0.1, 0.15) is 12.5 Å². The SMILES string of the molecule is CCOc1ccccc1-c1nnc(SCC(=O)N2CCN(c3cccc(C(F)(F)F)c3)CC2)o1. The number of ether oxygens (including phenoxy) is 1. The maximum absolute atomic E-state index is 13.0. The zero-order valence-corrected chi connectivity index (χ0v) is 19.2. The fraction of sp³-hybridized carbons (Fsp3) is 0.348. The third-order valence-corrected chi connectivity index (χ3v) is 6.12. The number of hydrogen-bond donors (Lipinski definition) is 0. The van der Waals surface area contributed by atoms with Gasteiger partial charge in [0, 0.05) is 31.9 Å². The van der Waals surface area contributed by atoms with Gasteiger partial charge in [0.05, 0.1) is 23.5 Å². The fourth-order valence-corrected chi connectivity index (χ4v) is 4.28. The second-order valence-corrected chi connectivity index (χ2v) is 8.43. The van der Waals surface area contributed by atoms with Gasteiger partial charge < -0.3 is 19.0 Å². The van der Waals surface area contributed by atoms with Crippen LogP contribution in [-0.2, 0) is 11.0 Å². The molecule has 0 N–H and O–H groups in total. The van der Waals surface area contributed by atoms with Crippen LogP contribution >= 0.6 is 11.8 Å². The minimum absolute atomic E-state index is 0.0943. The molecular weight excluding hydrogens is 469 g/mol. The van der Waals surface area contributed by atoms with Gasteiger partial charge >= 0.3 is 6.18 Å². The van der Waals surface area contributed by atoms with E-state index in [4.69, 9.17) is 9.15 Å². The van der Waals surface area contributed by atoms with Gasteiger partial charge in [-0.05, 0) is 37.3 Å². The number of carbonyl (C=O) groups is 1. The third-order valence-electron chi connectivity index (χ3n) is 5.31. The first-order valence-electron chi connectivity index (χ1n) is 10.7. The lowest BCUT2D eigenvalue weighted by Crippen LogP contribution is -2.49. The van der Waals surface area contributed by atoms with E-state index in [-0.39, 0.29) is 16.9 Å². The molecule has 3 aromatic rings. The third kappa shape index (κ3) is 5.64. The van der Waals surface area contributed by atoms with Crippen LogP contribution in [0.3, 0.4) is 0 Å². The maximum atomic E-state index is 13.0. The molecule has 1 aliphatic rings. The standard InChI is InChI=1S/C23H23F3N4O3S/c1-2-32-19-9-4-3-8-18(19)21-27-28-22(33-21)34-15-20(31)30-12-10-29(11-13-30)17-7-5-6-16(14-17)23(24,25)26/h3-9,14H,2,10-13,15H2,1H3. The molecule has 0 unspecified atom stereocenters. The molecule has 11 heteroatoms. The molecule has 1 fully saturated rings. The van der Waals surface area contributed by atoms with E-state index in [9.17, 15) is 18.0 Å². The number of aromatic nitrogens is 2. The Balaban J connectivity index is 1.30. The van der Waals surface area contributed by atoms with Crippen molar-refractivity contribution in [1.29, 1.82) is 0 Å². The zero-order chi connectivity index (χ0) is 24.1. The minimum Gasteiger partial charge on any atom is -0.493 e. The largest absolute Gasteiger partial charge is 0.493 e. The molecule has 0 atom stereocenters. The number of hydrogen-bond acceptors (Lipinski definition) is 7. The van der Waals surface area contributed by atoms with Crippen molar-refractivity contribution >= 4 is 23.4 Å². The molecule has 34 heavy (non-hydrogen) atoms. The smallest absolute Gasteiger partial charge is 0.416 e. The molecule has 0 saturated carbocycles. The van der Waals surface area contributed by atoms with Crippen LogP contribution in [0.15, 0.2) is 58.2 Å². The molecule has 1 saturated heterocycles.